The van der Waals surface area contributed by atoms with Gasteiger partial charge >= 0.3 is 0 Å². The molecule has 0 atom stereocenters. The van der Waals surface area contributed by atoms with Crippen molar-refractivity contribution in [1.82, 2.24) is 4.98 Å². The predicted octanol–water partition coefficient (Wildman–Crippen LogP) is 1.90. The number of rotatable bonds is 2. The number of aryl methyl sites for hydroxylation is 1. The minimum Gasteiger partial charge on any atom is -0.397 e. The first-order valence-corrected chi connectivity index (χ1v) is 3.99. The van der Waals surface area contributed by atoms with Gasteiger partial charge in [0, 0.05) is 0 Å². The number of pyridine rings is 1. The van der Waals surface area contributed by atoms with Crippen LogP contribution in [0.5, 0.6) is 0 Å². The molecule has 3 nitrogen and oxygen atoms in total. The molecule has 0 amide bonds. The molecule has 0 aliphatic rings. The molecule has 0 aliphatic carbocycles. The van der Waals surface area contributed by atoms with E-state index in [1.165, 1.54) is 0 Å². The van der Waals surface area contributed by atoms with Crippen LogP contribution in [0.1, 0.15) is 17.7 Å². The predicted molar refractivity (Wildman–Crippen MR) is 52.7 cm³/mol. The summed E-state index contributed by atoms with van der Waals surface area (Å²) in [7, 11) is 0. The van der Waals surface area contributed by atoms with E-state index >= 15 is 0 Å². The zero-order valence-electron chi connectivity index (χ0n) is 7.49. The lowest BCUT2D eigenvalue weighted by molar-refractivity contribution is 1.23. The van der Waals surface area contributed by atoms with Gasteiger partial charge in [0.25, 0.3) is 0 Å². The fourth-order valence-electron chi connectivity index (χ4n) is 1.00. The summed E-state index contributed by atoms with van der Waals surface area (Å²) in [5, 5.41) is 8.32. The quantitative estimate of drug-likeness (QED) is 0.742. The summed E-state index contributed by atoms with van der Waals surface area (Å²) in [5.74, 6) is 0. The Morgan fingerprint density at radius 3 is 3.08 bits per heavy atom. The first kappa shape index (κ1) is 9.27. The molecule has 1 aromatic rings. The molecule has 0 aliphatic heterocycles. The summed E-state index contributed by atoms with van der Waals surface area (Å²) >= 11 is 0. The maximum absolute atomic E-state index is 8.32. The number of allylic oxidation sites excluding steroid dienone is 1. The van der Waals surface area contributed by atoms with Crippen LogP contribution in [-0.2, 0) is 0 Å². The number of nitrogen functional groups attached to an aromatic ring is 1. The summed E-state index contributed by atoms with van der Waals surface area (Å²) < 4.78 is 0. The highest BCUT2D eigenvalue weighted by molar-refractivity contribution is 5.53. The average Bonchev–Trinajstić information content (AvgIpc) is 2.09. The number of hydrogen-bond donors (Lipinski definition) is 1. The third-order valence-corrected chi connectivity index (χ3v) is 1.62. The zero-order chi connectivity index (χ0) is 9.68. The van der Waals surface area contributed by atoms with Crippen molar-refractivity contribution in [1.29, 1.82) is 5.26 Å². The summed E-state index contributed by atoms with van der Waals surface area (Å²) in [6.45, 7) is 1.94. The van der Waals surface area contributed by atoms with E-state index in [0.717, 1.165) is 11.3 Å². The SMILES string of the molecule is Cc1cc(N)cnc1C=CCC#N. The molecule has 0 bridgehead atoms. The second kappa shape index (κ2) is 4.27. The highest BCUT2D eigenvalue weighted by Gasteiger charge is 1.94. The van der Waals surface area contributed by atoms with Gasteiger partial charge in [0.05, 0.1) is 30.1 Å². The topological polar surface area (TPSA) is 62.7 Å². The van der Waals surface area contributed by atoms with Crippen LogP contribution in [0.25, 0.3) is 6.08 Å². The summed E-state index contributed by atoms with van der Waals surface area (Å²) in [6.07, 6.45) is 5.63. The smallest absolute Gasteiger partial charge is 0.0663 e. The Balaban J connectivity index is 2.85. The van der Waals surface area contributed by atoms with Gasteiger partial charge in [-0.2, -0.15) is 5.26 Å². The first-order chi connectivity index (χ1) is 6.24. The largest absolute Gasteiger partial charge is 0.397 e. The highest BCUT2D eigenvalue weighted by Crippen LogP contribution is 2.10. The molecule has 1 rings (SSSR count). The van der Waals surface area contributed by atoms with Crippen LogP contribution in [0.3, 0.4) is 0 Å². The number of hydrogen-bond acceptors (Lipinski definition) is 3. The van der Waals surface area contributed by atoms with Crippen molar-refractivity contribution in [2.75, 3.05) is 5.73 Å². The molecule has 0 spiro atoms. The van der Waals surface area contributed by atoms with Crippen molar-refractivity contribution in [2.24, 2.45) is 0 Å². The molecule has 0 saturated carbocycles. The molecule has 0 radical (unpaired) electrons. The number of anilines is 1. The lowest BCUT2D eigenvalue weighted by Crippen LogP contribution is -1.91. The Kier molecular flexibility index (Phi) is 3.04. The van der Waals surface area contributed by atoms with Crippen LogP contribution in [-0.4, -0.2) is 4.98 Å². The Labute approximate surface area is 77.5 Å². The van der Waals surface area contributed by atoms with Crippen molar-refractivity contribution >= 4 is 11.8 Å². The van der Waals surface area contributed by atoms with Crippen molar-refractivity contribution in [2.45, 2.75) is 13.3 Å². The molecule has 66 valence electrons. The van der Waals surface area contributed by atoms with E-state index in [1.54, 1.807) is 12.3 Å². The number of nitrogens with two attached hydrogens (primary N) is 1. The van der Waals surface area contributed by atoms with Crippen LogP contribution in [0.4, 0.5) is 5.69 Å². The van der Waals surface area contributed by atoms with Gasteiger partial charge in [0.1, 0.15) is 0 Å². The molecular formula is C10H11N3. The molecule has 13 heavy (non-hydrogen) atoms. The van der Waals surface area contributed by atoms with Gasteiger partial charge in [-0.15, -0.1) is 0 Å². The van der Waals surface area contributed by atoms with Crippen molar-refractivity contribution in [3.05, 3.63) is 29.6 Å². The third-order valence-electron chi connectivity index (χ3n) is 1.62. The fraction of sp³-hybridized carbons (Fsp3) is 0.200. The van der Waals surface area contributed by atoms with Gasteiger partial charge < -0.3 is 5.73 Å². The maximum Gasteiger partial charge on any atom is 0.0663 e. The number of nitriles is 1. The van der Waals surface area contributed by atoms with Gasteiger partial charge in [-0.05, 0) is 24.6 Å². The van der Waals surface area contributed by atoms with Crippen molar-refractivity contribution < 1.29 is 0 Å². The van der Waals surface area contributed by atoms with Gasteiger partial charge in [0.2, 0.25) is 0 Å². The van der Waals surface area contributed by atoms with E-state index < -0.39 is 0 Å². The molecule has 0 aromatic carbocycles. The van der Waals surface area contributed by atoms with Crippen molar-refractivity contribution in [3.8, 4) is 6.07 Å². The summed E-state index contributed by atoms with van der Waals surface area (Å²) in [6, 6.07) is 3.89. The minimum atomic E-state index is 0.408. The fourth-order valence-corrected chi connectivity index (χ4v) is 1.00. The van der Waals surface area contributed by atoms with Gasteiger partial charge in [-0.3, -0.25) is 4.98 Å². The lowest BCUT2D eigenvalue weighted by Gasteiger charge is -1.99. The van der Waals surface area contributed by atoms with Crippen LogP contribution in [0, 0.1) is 18.3 Å². The van der Waals surface area contributed by atoms with E-state index in [1.807, 2.05) is 25.1 Å². The number of nitrogens with zero attached hydrogens (tertiary/aromatic N) is 2. The van der Waals surface area contributed by atoms with E-state index in [9.17, 15) is 0 Å². The Hall–Kier alpha value is -1.82. The van der Waals surface area contributed by atoms with Crippen LogP contribution in [0.2, 0.25) is 0 Å². The maximum atomic E-state index is 8.32. The monoisotopic (exact) mass is 173 g/mol. The normalized spacial score (nSPS) is 10.2. The van der Waals surface area contributed by atoms with E-state index in [-0.39, 0.29) is 0 Å². The molecule has 0 saturated heterocycles. The minimum absolute atomic E-state index is 0.408. The summed E-state index contributed by atoms with van der Waals surface area (Å²) in [5.41, 5.74) is 8.09. The second-order valence-electron chi connectivity index (χ2n) is 2.74. The molecule has 2 N–H and O–H groups in total. The van der Waals surface area contributed by atoms with Gasteiger partial charge in [0.15, 0.2) is 0 Å². The van der Waals surface area contributed by atoms with Crippen LogP contribution < -0.4 is 5.73 Å². The standard InChI is InChI=1S/C10H11N3/c1-8-6-9(12)7-13-10(8)4-2-3-5-11/h2,4,6-7H,3,12H2,1H3. The Morgan fingerprint density at radius 1 is 1.69 bits per heavy atom. The van der Waals surface area contributed by atoms with E-state index in [2.05, 4.69) is 4.98 Å². The average molecular weight is 173 g/mol. The van der Waals surface area contributed by atoms with Gasteiger partial charge in [-0.25, -0.2) is 0 Å². The third kappa shape index (κ3) is 2.60. The molecular weight excluding hydrogens is 162 g/mol. The molecule has 0 fully saturated rings. The second-order valence-corrected chi connectivity index (χ2v) is 2.74. The van der Waals surface area contributed by atoms with E-state index in [4.69, 9.17) is 11.0 Å². The first-order valence-electron chi connectivity index (χ1n) is 3.99. The Bertz CT molecular complexity index is 361. The Morgan fingerprint density at radius 2 is 2.46 bits per heavy atom. The molecule has 3 heteroatoms. The lowest BCUT2D eigenvalue weighted by atomic mass is 10.2. The highest BCUT2D eigenvalue weighted by atomic mass is 14.7. The molecule has 0 unspecified atom stereocenters. The molecule has 1 aromatic heterocycles. The van der Waals surface area contributed by atoms with Crippen LogP contribution in [0.15, 0.2) is 18.3 Å². The molecule has 1 heterocycles. The van der Waals surface area contributed by atoms with Gasteiger partial charge in [-0.1, -0.05) is 6.08 Å². The van der Waals surface area contributed by atoms with Crippen molar-refractivity contribution in [3.63, 3.8) is 0 Å². The summed E-state index contributed by atoms with van der Waals surface area (Å²) in [4.78, 5) is 4.13. The van der Waals surface area contributed by atoms with Crippen LogP contribution >= 0.6 is 0 Å². The number of aromatic nitrogens is 1. The zero-order valence-corrected chi connectivity index (χ0v) is 7.49. The van der Waals surface area contributed by atoms with E-state index in [0.29, 0.717) is 12.1 Å².